The number of para-hydroxylation sites is 1. The molecule has 3 aromatic rings. The molecule has 1 aromatic heterocycles. The molecule has 2 N–H and O–H groups in total. The number of likely N-dealkylation sites (tertiary alicyclic amines) is 1. The molecule has 2 amide bonds. The van der Waals surface area contributed by atoms with Crippen molar-refractivity contribution in [3.05, 3.63) is 65.9 Å². The first-order valence-electron chi connectivity index (χ1n) is 8.87. The Bertz CT molecular complexity index is 960. The lowest BCUT2D eigenvalue weighted by molar-refractivity contribution is 0.195. The molecule has 0 bridgehead atoms. The Balaban J connectivity index is 1.38. The van der Waals surface area contributed by atoms with Gasteiger partial charge < -0.3 is 15.2 Å². The molecule has 4 rings (SSSR count). The molecule has 130 valence electrons. The number of urea groups is 1. The highest BCUT2D eigenvalue weighted by Crippen LogP contribution is 2.33. The average Bonchev–Trinajstić information content (AvgIpc) is 3.13. The van der Waals surface area contributed by atoms with E-state index in [-0.39, 0.29) is 6.03 Å². The number of nitriles is 1. The molecule has 0 unspecified atom stereocenters. The van der Waals surface area contributed by atoms with Crippen molar-refractivity contribution < 1.29 is 4.79 Å². The number of nitrogens with one attached hydrogen (secondary N) is 2. The lowest BCUT2D eigenvalue weighted by Gasteiger charge is -2.32. The van der Waals surface area contributed by atoms with Gasteiger partial charge in [-0.3, -0.25) is 0 Å². The minimum absolute atomic E-state index is 0.0768. The standard InChI is InChI=1S/C21H20N4O/c22-13-15-5-7-17(8-6-15)24-21(26)25-11-9-16(10-12-25)19-14-23-20-4-2-1-3-18(19)20/h1-8,14,16,23H,9-12H2,(H,24,26). The topological polar surface area (TPSA) is 71.9 Å². The van der Waals surface area contributed by atoms with Crippen LogP contribution in [-0.4, -0.2) is 29.0 Å². The molecule has 1 fully saturated rings. The molecule has 26 heavy (non-hydrogen) atoms. The van der Waals surface area contributed by atoms with Gasteiger partial charge in [0, 0.05) is 35.9 Å². The van der Waals surface area contributed by atoms with Crippen molar-refractivity contribution in [1.29, 1.82) is 5.26 Å². The lowest BCUT2D eigenvalue weighted by atomic mass is 9.89. The highest BCUT2D eigenvalue weighted by atomic mass is 16.2. The Hall–Kier alpha value is -3.26. The maximum atomic E-state index is 12.5. The van der Waals surface area contributed by atoms with Gasteiger partial charge in [0.1, 0.15) is 0 Å². The number of anilines is 1. The molecule has 0 saturated carbocycles. The number of benzene rings is 2. The third-order valence-corrected chi connectivity index (χ3v) is 5.11. The summed E-state index contributed by atoms with van der Waals surface area (Å²) >= 11 is 0. The van der Waals surface area contributed by atoms with Crippen LogP contribution >= 0.6 is 0 Å². The predicted octanol–water partition coefficient (Wildman–Crippen LogP) is 4.45. The Labute approximate surface area is 152 Å². The number of aromatic amines is 1. The van der Waals surface area contributed by atoms with Gasteiger partial charge in [-0.25, -0.2) is 4.79 Å². The second-order valence-corrected chi connectivity index (χ2v) is 6.67. The van der Waals surface area contributed by atoms with Gasteiger partial charge in [0.15, 0.2) is 0 Å². The number of carbonyl (C=O) groups is 1. The van der Waals surface area contributed by atoms with Gasteiger partial charge >= 0.3 is 6.03 Å². The van der Waals surface area contributed by atoms with E-state index in [1.165, 1.54) is 16.5 Å². The first-order chi connectivity index (χ1) is 12.7. The third-order valence-electron chi connectivity index (χ3n) is 5.11. The second kappa shape index (κ2) is 6.93. The van der Waals surface area contributed by atoms with Crippen molar-refractivity contribution in [2.75, 3.05) is 18.4 Å². The van der Waals surface area contributed by atoms with Crippen LogP contribution in [0.3, 0.4) is 0 Å². The first-order valence-corrected chi connectivity index (χ1v) is 8.87. The highest BCUT2D eigenvalue weighted by Gasteiger charge is 2.25. The molecule has 5 heteroatoms. The molecule has 2 heterocycles. The SMILES string of the molecule is N#Cc1ccc(NC(=O)N2CCC(c3c[nH]c4ccccc34)CC2)cc1. The Kier molecular flexibility index (Phi) is 4.32. The van der Waals surface area contributed by atoms with Gasteiger partial charge in [0.25, 0.3) is 0 Å². The van der Waals surface area contributed by atoms with Crippen LogP contribution in [0.5, 0.6) is 0 Å². The number of fused-ring (bicyclic) bond motifs is 1. The van der Waals surface area contributed by atoms with E-state index in [9.17, 15) is 4.79 Å². The van der Waals surface area contributed by atoms with Crippen LogP contribution in [0.2, 0.25) is 0 Å². The Morgan fingerprint density at radius 2 is 1.85 bits per heavy atom. The molecule has 1 saturated heterocycles. The lowest BCUT2D eigenvalue weighted by Crippen LogP contribution is -2.40. The number of rotatable bonds is 2. The predicted molar refractivity (Wildman–Crippen MR) is 102 cm³/mol. The fourth-order valence-electron chi connectivity index (χ4n) is 3.66. The number of hydrogen-bond acceptors (Lipinski definition) is 2. The summed E-state index contributed by atoms with van der Waals surface area (Å²) < 4.78 is 0. The monoisotopic (exact) mass is 344 g/mol. The second-order valence-electron chi connectivity index (χ2n) is 6.67. The summed E-state index contributed by atoms with van der Waals surface area (Å²) in [6, 6.07) is 17.3. The van der Waals surface area contributed by atoms with E-state index in [2.05, 4.69) is 40.8 Å². The van der Waals surface area contributed by atoms with Gasteiger partial charge in [0.2, 0.25) is 0 Å². The van der Waals surface area contributed by atoms with Gasteiger partial charge in [-0.15, -0.1) is 0 Å². The van der Waals surface area contributed by atoms with Crippen LogP contribution in [-0.2, 0) is 0 Å². The smallest absolute Gasteiger partial charge is 0.321 e. The van der Waals surface area contributed by atoms with Gasteiger partial charge in [0.05, 0.1) is 11.6 Å². The first kappa shape index (κ1) is 16.2. The maximum Gasteiger partial charge on any atom is 0.321 e. The molecule has 2 aromatic carbocycles. The van der Waals surface area contributed by atoms with E-state index >= 15 is 0 Å². The van der Waals surface area contributed by atoms with Crippen molar-refractivity contribution >= 4 is 22.6 Å². The van der Waals surface area contributed by atoms with Crippen molar-refractivity contribution in [2.45, 2.75) is 18.8 Å². The highest BCUT2D eigenvalue weighted by molar-refractivity contribution is 5.89. The summed E-state index contributed by atoms with van der Waals surface area (Å²) in [6.07, 6.45) is 4.03. The fourth-order valence-corrected chi connectivity index (χ4v) is 3.66. The third kappa shape index (κ3) is 3.14. The molecular weight excluding hydrogens is 324 g/mol. The average molecular weight is 344 g/mol. The minimum Gasteiger partial charge on any atom is -0.361 e. The number of H-pyrrole nitrogens is 1. The molecule has 0 atom stereocenters. The van der Waals surface area contributed by atoms with E-state index in [1.807, 2.05) is 11.0 Å². The van der Waals surface area contributed by atoms with Crippen LogP contribution < -0.4 is 5.32 Å². The van der Waals surface area contributed by atoms with Crippen LogP contribution in [0.4, 0.5) is 10.5 Å². The van der Waals surface area contributed by atoms with Crippen LogP contribution in [0.15, 0.2) is 54.7 Å². The summed E-state index contributed by atoms with van der Waals surface area (Å²) in [7, 11) is 0. The quantitative estimate of drug-likeness (QED) is 0.721. The van der Waals surface area contributed by atoms with Crippen LogP contribution in [0.1, 0.15) is 29.9 Å². The number of piperidine rings is 1. The van der Waals surface area contributed by atoms with Gasteiger partial charge in [-0.05, 0) is 54.7 Å². The molecule has 1 aliphatic heterocycles. The van der Waals surface area contributed by atoms with E-state index in [4.69, 9.17) is 5.26 Å². The van der Waals surface area contributed by atoms with E-state index < -0.39 is 0 Å². The number of nitrogens with zero attached hydrogens (tertiary/aromatic N) is 2. The van der Waals surface area contributed by atoms with E-state index in [1.54, 1.807) is 24.3 Å². The zero-order valence-corrected chi connectivity index (χ0v) is 14.4. The normalized spacial score (nSPS) is 15.0. The molecule has 5 nitrogen and oxygen atoms in total. The summed E-state index contributed by atoms with van der Waals surface area (Å²) in [4.78, 5) is 17.7. The Morgan fingerprint density at radius 1 is 1.12 bits per heavy atom. The molecule has 0 radical (unpaired) electrons. The van der Waals surface area contributed by atoms with Crippen molar-refractivity contribution in [1.82, 2.24) is 9.88 Å². The number of hydrogen-bond donors (Lipinski definition) is 2. The molecule has 0 spiro atoms. The van der Waals surface area contributed by atoms with Crippen molar-refractivity contribution in [3.8, 4) is 6.07 Å². The molecular formula is C21H20N4O. The zero-order chi connectivity index (χ0) is 17.9. The number of aromatic nitrogens is 1. The van der Waals surface area contributed by atoms with Gasteiger partial charge in [-0.1, -0.05) is 18.2 Å². The fraction of sp³-hybridized carbons (Fsp3) is 0.238. The minimum atomic E-state index is -0.0768. The van der Waals surface area contributed by atoms with Crippen molar-refractivity contribution in [3.63, 3.8) is 0 Å². The number of amides is 2. The summed E-state index contributed by atoms with van der Waals surface area (Å²) in [5.41, 5.74) is 3.83. The van der Waals surface area contributed by atoms with Crippen molar-refractivity contribution in [2.24, 2.45) is 0 Å². The van der Waals surface area contributed by atoms with E-state index in [0.717, 1.165) is 25.9 Å². The largest absolute Gasteiger partial charge is 0.361 e. The summed E-state index contributed by atoms with van der Waals surface area (Å²) in [5.74, 6) is 0.477. The molecule has 0 aliphatic carbocycles. The summed E-state index contributed by atoms with van der Waals surface area (Å²) in [6.45, 7) is 1.48. The van der Waals surface area contributed by atoms with Crippen LogP contribution in [0, 0.1) is 11.3 Å². The Morgan fingerprint density at radius 3 is 2.58 bits per heavy atom. The molecule has 1 aliphatic rings. The maximum absolute atomic E-state index is 12.5. The van der Waals surface area contributed by atoms with E-state index in [0.29, 0.717) is 17.2 Å². The number of carbonyl (C=O) groups excluding carboxylic acids is 1. The zero-order valence-electron chi connectivity index (χ0n) is 14.4. The van der Waals surface area contributed by atoms with Gasteiger partial charge in [-0.2, -0.15) is 5.26 Å². The summed E-state index contributed by atoms with van der Waals surface area (Å²) in [5, 5.41) is 13.0. The van der Waals surface area contributed by atoms with Crippen LogP contribution in [0.25, 0.3) is 10.9 Å².